The quantitative estimate of drug-likeness (QED) is 0.597. The highest BCUT2D eigenvalue weighted by Gasteiger charge is 2.19. The Morgan fingerprint density at radius 1 is 1.29 bits per heavy atom. The molecule has 0 N–H and O–H groups in total. The van der Waals surface area contributed by atoms with E-state index >= 15 is 0 Å². The van der Waals surface area contributed by atoms with Crippen LogP contribution in [0.1, 0.15) is 43.7 Å². The van der Waals surface area contributed by atoms with E-state index in [1.165, 1.54) is 0 Å². The van der Waals surface area contributed by atoms with Gasteiger partial charge in [0.2, 0.25) is 0 Å². The summed E-state index contributed by atoms with van der Waals surface area (Å²) in [6.07, 6.45) is 11.7. The SMILES string of the molecule is C=CC1CC=C(c2ccc(CCC=CC)c(F)c2F)CC1. The van der Waals surface area contributed by atoms with E-state index in [2.05, 4.69) is 6.58 Å². The Morgan fingerprint density at radius 3 is 2.71 bits per heavy atom. The van der Waals surface area contributed by atoms with Crippen molar-refractivity contribution in [2.75, 3.05) is 0 Å². The average Bonchev–Trinajstić information content (AvgIpc) is 2.52. The zero-order chi connectivity index (χ0) is 15.2. The molecule has 1 aromatic carbocycles. The van der Waals surface area contributed by atoms with Crippen molar-refractivity contribution in [1.29, 1.82) is 0 Å². The van der Waals surface area contributed by atoms with E-state index in [-0.39, 0.29) is 0 Å². The maximum Gasteiger partial charge on any atom is 0.166 e. The highest BCUT2D eigenvalue weighted by molar-refractivity contribution is 5.67. The number of allylic oxidation sites excluding steroid dienone is 5. The summed E-state index contributed by atoms with van der Waals surface area (Å²) in [5.74, 6) is -0.929. The lowest BCUT2D eigenvalue weighted by Crippen LogP contribution is -2.05. The summed E-state index contributed by atoms with van der Waals surface area (Å²) < 4.78 is 28.4. The fraction of sp³-hybridized carbons (Fsp3) is 0.368. The summed E-state index contributed by atoms with van der Waals surface area (Å²) in [5, 5.41) is 0. The van der Waals surface area contributed by atoms with Crippen molar-refractivity contribution in [2.24, 2.45) is 5.92 Å². The van der Waals surface area contributed by atoms with Crippen molar-refractivity contribution < 1.29 is 8.78 Å². The van der Waals surface area contributed by atoms with E-state index in [9.17, 15) is 8.78 Å². The predicted molar refractivity (Wildman–Crippen MR) is 85.0 cm³/mol. The first-order valence-corrected chi connectivity index (χ1v) is 7.57. The minimum atomic E-state index is -0.698. The molecule has 1 aromatic rings. The summed E-state index contributed by atoms with van der Waals surface area (Å²) in [4.78, 5) is 0. The maximum atomic E-state index is 14.3. The molecule has 112 valence electrons. The van der Waals surface area contributed by atoms with Crippen molar-refractivity contribution in [3.8, 4) is 0 Å². The highest BCUT2D eigenvalue weighted by atomic mass is 19.2. The van der Waals surface area contributed by atoms with Gasteiger partial charge in [-0.3, -0.25) is 0 Å². The van der Waals surface area contributed by atoms with Crippen LogP contribution in [0.25, 0.3) is 5.57 Å². The number of rotatable bonds is 5. The molecule has 0 amide bonds. The van der Waals surface area contributed by atoms with Crippen LogP contribution in [0, 0.1) is 17.6 Å². The second-order valence-electron chi connectivity index (χ2n) is 5.51. The first-order valence-electron chi connectivity index (χ1n) is 7.57. The third-order valence-corrected chi connectivity index (χ3v) is 4.11. The summed E-state index contributed by atoms with van der Waals surface area (Å²) in [5.41, 5.74) is 1.80. The van der Waals surface area contributed by atoms with Gasteiger partial charge in [0.25, 0.3) is 0 Å². The number of aryl methyl sites for hydroxylation is 1. The van der Waals surface area contributed by atoms with Gasteiger partial charge in [0, 0.05) is 5.56 Å². The lowest BCUT2D eigenvalue weighted by molar-refractivity contribution is 0.494. The molecule has 0 fully saturated rings. The second-order valence-corrected chi connectivity index (χ2v) is 5.51. The molecule has 0 aliphatic heterocycles. The smallest absolute Gasteiger partial charge is 0.166 e. The Morgan fingerprint density at radius 2 is 2.10 bits per heavy atom. The van der Waals surface area contributed by atoms with Crippen molar-refractivity contribution in [2.45, 2.75) is 39.0 Å². The topological polar surface area (TPSA) is 0 Å². The summed E-state index contributed by atoms with van der Waals surface area (Å²) in [7, 11) is 0. The largest absolute Gasteiger partial charge is 0.203 e. The fourth-order valence-electron chi connectivity index (χ4n) is 2.75. The summed E-state index contributed by atoms with van der Waals surface area (Å²) in [6.45, 7) is 5.71. The Bertz CT molecular complexity index is 567. The zero-order valence-corrected chi connectivity index (χ0v) is 12.5. The molecular formula is C19H22F2. The van der Waals surface area contributed by atoms with Crippen LogP contribution in [0.3, 0.4) is 0 Å². The molecule has 0 spiro atoms. The Balaban J connectivity index is 2.20. The van der Waals surface area contributed by atoms with Crippen molar-refractivity contribution in [3.05, 3.63) is 65.8 Å². The summed E-state index contributed by atoms with van der Waals surface area (Å²) >= 11 is 0. The van der Waals surface area contributed by atoms with Gasteiger partial charge in [-0.05, 0) is 56.1 Å². The third-order valence-electron chi connectivity index (χ3n) is 4.11. The lowest BCUT2D eigenvalue weighted by atomic mass is 9.86. The van der Waals surface area contributed by atoms with Gasteiger partial charge in [0.05, 0.1) is 0 Å². The second kappa shape index (κ2) is 7.35. The molecule has 0 radical (unpaired) electrons. The Labute approximate surface area is 125 Å². The average molecular weight is 288 g/mol. The van der Waals surface area contributed by atoms with E-state index in [0.29, 0.717) is 23.5 Å². The monoisotopic (exact) mass is 288 g/mol. The predicted octanol–water partition coefficient (Wildman–Crippen LogP) is 5.84. The van der Waals surface area contributed by atoms with Crippen molar-refractivity contribution >= 4 is 5.57 Å². The van der Waals surface area contributed by atoms with Crippen LogP contribution in [0.4, 0.5) is 8.78 Å². The lowest BCUT2D eigenvalue weighted by Gasteiger charge is -2.20. The molecule has 2 rings (SSSR count). The van der Waals surface area contributed by atoms with Gasteiger partial charge in [-0.25, -0.2) is 8.78 Å². The van der Waals surface area contributed by atoms with Crippen LogP contribution in [-0.4, -0.2) is 0 Å². The standard InChI is InChI=1S/C19H22F2/c1-3-5-6-7-16-12-13-17(19(21)18(16)20)15-10-8-14(4-2)9-11-15/h3-5,10,12-14H,2,6-9,11H2,1H3. The Kier molecular flexibility index (Phi) is 5.49. The molecular weight excluding hydrogens is 266 g/mol. The zero-order valence-electron chi connectivity index (χ0n) is 12.5. The summed E-state index contributed by atoms with van der Waals surface area (Å²) in [6, 6.07) is 3.45. The first-order chi connectivity index (χ1) is 10.2. The normalized spacial score (nSPS) is 18.8. The van der Waals surface area contributed by atoms with Crippen molar-refractivity contribution in [3.63, 3.8) is 0 Å². The molecule has 0 saturated carbocycles. The molecule has 1 aliphatic rings. The molecule has 2 heteroatoms. The van der Waals surface area contributed by atoms with Crippen LogP contribution < -0.4 is 0 Å². The van der Waals surface area contributed by atoms with Crippen LogP contribution >= 0.6 is 0 Å². The van der Waals surface area contributed by atoms with E-state index < -0.39 is 11.6 Å². The molecule has 0 aromatic heterocycles. The van der Waals surface area contributed by atoms with E-state index in [1.54, 1.807) is 12.1 Å². The number of hydrogen-bond acceptors (Lipinski definition) is 0. The van der Waals surface area contributed by atoms with Gasteiger partial charge in [-0.2, -0.15) is 0 Å². The van der Waals surface area contributed by atoms with Crippen LogP contribution in [-0.2, 0) is 6.42 Å². The van der Waals surface area contributed by atoms with Gasteiger partial charge in [-0.1, -0.05) is 36.4 Å². The minimum absolute atomic E-state index is 0.421. The van der Waals surface area contributed by atoms with E-state index in [1.807, 2.05) is 31.2 Å². The fourth-order valence-corrected chi connectivity index (χ4v) is 2.75. The molecule has 0 saturated heterocycles. The van der Waals surface area contributed by atoms with Gasteiger partial charge in [0.1, 0.15) is 0 Å². The third kappa shape index (κ3) is 3.69. The molecule has 0 heterocycles. The Hall–Kier alpha value is -1.70. The van der Waals surface area contributed by atoms with Crippen LogP contribution in [0.2, 0.25) is 0 Å². The highest BCUT2D eigenvalue weighted by Crippen LogP contribution is 2.33. The molecule has 21 heavy (non-hydrogen) atoms. The molecule has 0 bridgehead atoms. The number of hydrogen-bond donors (Lipinski definition) is 0. The van der Waals surface area contributed by atoms with Crippen LogP contribution in [0.5, 0.6) is 0 Å². The molecule has 0 nitrogen and oxygen atoms in total. The van der Waals surface area contributed by atoms with Gasteiger partial charge in [-0.15, -0.1) is 6.58 Å². The molecule has 1 atom stereocenters. The molecule has 1 unspecified atom stereocenters. The van der Waals surface area contributed by atoms with Gasteiger partial charge in [0.15, 0.2) is 11.6 Å². The van der Waals surface area contributed by atoms with E-state index in [4.69, 9.17) is 0 Å². The van der Waals surface area contributed by atoms with E-state index in [0.717, 1.165) is 31.3 Å². The molecule has 1 aliphatic carbocycles. The van der Waals surface area contributed by atoms with Gasteiger partial charge >= 0.3 is 0 Å². The minimum Gasteiger partial charge on any atom is -0.203 e. The van der Waals surface area contributed by atoms with Gasteiger partial charge < -0.3 is 0 Å². The maximum absolute atomic E-state index is 14.3. The van der Waals surface area contributed by atoms with Crippen molar-refractivity contribution in [1.82, 2.24) is 0 Å². The first kappa shape index (κ1) is 15.7. The number of halogens is 2. The van der Waals surface area contributed by atoms with Crippen LogP contribution in [0.15, 0.2) is 43.0 Å². The number of benzene rings is 1.